The second-order valence-electron chi connectivity index (χ2n) is 15.9. The van der Waals surface area contributed by atoms with Gasteiger partial charge in [0.05, 0.1) is 13.8 Å². The van der Waals surface area contributed by atoms with E-state index in [1.165, 1.54) is 49.5 Å². The van der Waals surface area contributed by atoms with Crippen molar-refractivity contribution in [2.45, 2.75) is 100 Å². The molecule has 3 aromatic carbocycles. The normalized spacial score (nSPS) is 12.7. The third kappa shape index (κ3) is 8.09. The number of rotatable bonds is 9. The van der Waals surface area contributed by atoms with Gasteiger partial charge < -0.3 is 9.51 Å². The van der Waals surface area contributed by atoms with Gasteiger partial charge in [-0.25, -0.2) is 0 Å². The van der Waals surface area contributed by atoms with Crippen LogP contribution in [0.15, 0.2) is 78.7 Å². The molecule has 4 nitrogen and oxygen atoms in total. The van der Waals surface area contributed by atoms with Gasteiger partial charge in [0.1, 0.15) is 0 Å². The van der Waals surface area contributed by atoms with E-state index in [0.29, 0.717) is 0 Å². The van der Waals surface area contributed by atoms with Gasteiger partial charge in [-0.2, -0.15) is 0 Å². The Kier molecular flexibility index (Phi) is 12.6. The summed E-state index contributed by atoms with van der Waals surface area (Å²) in [6, 6.07) is 26.1. The van der Waals surface area contributed by atoms with Crippen LogP contribution in [0.4, 0.5) is 0 Å². The third-order valence-corrected chi connectivity index (χ3v) is 12.0. The Morgan fingerprint density at radius 1 is 0.880 bits per heavy atom. The van der Waals surface area contributed by atoms with E-state index >= 15 is 0 Å². The molecule has 0 aliphatic rings. The Bertz CT molecular complexity index is 2160. The standard InChI is InChI=1S/C31H31N2Si.C13H24O2.Ir/c1-31(2,3)19-22-14-15-32-30-24-16-20-10-7-8-11-21(20)17-26(24)33-25-12-9-13-28(34(4,5)6)23(25)18-27(33)29(22)30;1-5-10(6-2)12(14)9-13(15)11(7-3)8-4;/h7-15,17-18H,19H2,1-6H3;9-11,14H,5-8H2,1-4H3;/q-1;;/b;12-9-;. The summed E-state index contributed by atoms with van der Waals surface area (Å²) in [5, 5.41) is 17.4. The Labute approximate surface area is 313 Å². The van der Waals surface area contributed by atoms with E-state index in [1.807, 2.05) is 33.9 Å². The minimum atomic E-state index is -1.53. The number of allylic oxidation sites excluding steroid dienone is 2. The van der Waals surface area contributed by atoms with Gasteiger partial charge in [0.25, 0.3) is 0 Å². The fourth-order valence-corrected chi connectivity index (χ4v) is 8.92. The molecule has 6 rings (SSSR count). The molecule has 0 aliphatic heterocycles. The molecule has 0 atom stereocenters. The number of benzene rings is 3. The van der Waals surface area contributed by atoms with E-state index in [1.54, 1.807) is 0 Å². The molecule has 50 heavy (non-hydrogen) atoms. The second-order valence-corrected chi connectivity index (χ2v) is 20.9. The van der Waals surface area contributed by atoms with Crippen molar-refractivity contribution < 1.29 is 30.0 Å². The summed E-state index contributed by atoms with van der Waals surface area (Å²) < 4.78 is 2.48. The molecule has 267 valence electrons. The Balaban J connectivity index is 0.000000301. The number of aliphatic hydroxyl groups is 1. The molecular formula is C44H55IrN2O2Si-. The Hall–Kier alpha value is -3.31. The van der Waals surface area contributed by atoms with Gasteiger partial charge in [-0.05, 0) is 77.6 Å². The molecule has 6 heteroatoms. The number of pyridine rings is 2. The maximum absolute atomic E-state index is 11.7. The van der Waals surface area contributed by atoms with Crippen LogP contribution in [-0.4, -0.2) is 28.3 Å². The van der Waals surface area contributed by atoms with Gasteiger partial charge in [-0.15, -0.1) is 17.5 Å². The largest absolute Gasteiger partial charge is 0.512 e. The molecule has 0 bridgehead atoms. The zero-order valence-corrected chi connectivity index (χ0v) is 35.1. The Morgan fingerprint density at radius 2 is 1.54 bits per heavy atom. The molecule has 1 N–H and O–H groups in total. The summed E-state index contributed by atoms with van der Waals surface area (Å²) in [5.74, 6) is 0.547. The average Bonchev–Trinajstić information content (AvgIpc) is 3.44. The van der Waals surface area contributed by atoms with E-state index in [4.69, 9.17) is 4.98 Å². The van der Waals surface area contributed by atoms with Crippen LogP contribution >= 0.6 is 0 Å². The fourth-order valence-electron chi connectivity index (χ4n) is 7.32. The van der Waals surface area contributed by atoms with Gasteiger partial charge in [0.2, 0.25) is 0 Å². The molecule has 0 fully saturated rings. The van der Waals surface area contributed by atoms with Gasteiger partial charge in [-0.3, -0.25) is 9.78 Å². The molecule has 0 amide bonds. The first-order valence-corrected chi connectivity index (χ1v) is 21.8. The van der Waals surface area contributed by atoms with Crippen LogP contribution in [0.3, 0.4) is 0 Å². The van der Waals surface area contributed by atoms with Gasteiger partial charge in [0.15, 0.2) is 5.78 Å². The van der Waals surface area contributed by atoms with Crippen molar-refractivity contribution in [3.05, 3.63) is 90.3 Å². The molecule has 0 spiro atoms. The molecule has 3 aromatic heterocycles. The number of hydrogen-bond acceptors (Lipinski definition) is 3. The van der Waals surface area contributed by atoms with Crippen molar-refractivity contribution in [3.63, 3.8) is 0 Å². The van der Waals surface area contributed by atoms with Crippen molar-refractivity contribution >= 4 is 68.0 Å². The number of aliphatic hydroxyl groups excluding tert-OH is 1. The fraction of sp³-hybridized carbons (Fsp3) is 0.409. The first-order valence-electron chi connectivity index (χ1n) is 18.3. The number of aromatic nitrogens is 2. The monoisotopic (exact) mass is 864 g/mol. The average molecular weight is 864 g/mol. The van der Waals surface area contributed by atoms with E-state index in [9.17, 15) is 9.90 Å². The van der Waals surface area contributed by atoms with Crippen LogP contribution in [-0.2, 0) is 31.3 Å². The zero-order valence-electron chi connectivity index (χ0n) is 31.7. The van der Waals surface area contributed by atoms with E-state index in [0.717, 1.165) is 48.4 Å². The minimum absolute atomic E-state index is 0. The summed E-state index contributed by atoms with van der Waals surface area (Å²) >= 11 is 0. The molecule has 3 heterocycles. The first kappa shape index (κ1) is 39.5. The first-order chi connectivity index (χ1) is 23.2. The number of carbonyl (C=O) groups is 1. The van der Waals surface area contributed by atoms with E-state index in [2.05, 4.69) is 112 Å². The van der Waals surface area contributed by atoms with E-state index in [-0.39, 0.29) is 48.9 Å². The topological polar surface area (TPSA) is 54.6 Å². The van der Waals surface area contributed by atoms with Crippen LogP contribution in [0, 0.1) is 23.3 Å². The van der Waals surface area contributed by atoms with E-state index < -0.39 is 8.07 Å². The molecule has 0 saturated carbocycles. The molecule has 6 aromatic rings. The van der Waals surface area contributed by atoms with Crippen LogP contribution in [0.5, 0.6) is 0 Å². The molecule has 0 aliphatic carbocycles. The van der Waals surface area contributed by atoms with Crippen LogP contribution < -0.4 is 5.19 Å². The van der Waals surface area contributed by atoms with Gasteiger partial charge in [-0.1, -0.05) is 120 Å². The molecule has 1 radical (unpaired) electrons. The summed E-state index contributed by atoms with van der Waals surface area (Å²) in [5.41, 5.74) is 6.35. The van der Waals surface area contributed by atoms with Crippen molar-refractivity contribution in [1.29, 1.82) is 0 Å². The van der Waals surface area contributed by atoms with Crippen molar-refractivity contribution in [2.75, 3.05) is 0 Å². The van der Waals surface area contributed by atoms with Crippen LogP contribution in [0.1, 0.15) is 79.7 Å². The number of fused-ring (bicyclic) bond motifs is 9. The van der Waals surface area contributed by atoms with Crippen molar-refractivity contribution in [1.82, 2.24) is 9.38 Å². The van der Waals surface area contributed by atoms with Crippen LogP contribution in [0.25, 0.3) is 49.0 Å². The molecular weight excluding hydrogens is 809 g/mol. The zero-order chi connectivity index (χ0) is 35.7. The van der Waals surface area contributed by atoms with Crippen molar-refractivity contribution in [3.8, 4) is 0 Å². The van der Waals surface area contributed by atoms with Gasteiger partial charge in [0, 0.05) is 60.8 Å². The quantitative estimate of drug-likeness (QED) is 0.0393. The van der Waals surface area contributed by atoms with Crippen molar-refractivity contribution in [2.24, 2.45) is 17.3 Å². The summed E-state index contributed by atoms with van der Waals surface area (Å²) in [6.45, 7) is 22.3. The van der Waals surface area contributed by atoms with Crippen LogP contribution in [0.2, 0.25) is 19.6 Å². The molecule has 0 saturated heterocycles. The number of hydrogen-bond donors (Lipinski definition) is 1. The summed E-state index contributed by atoms with van der Waals surface area (Å²) in [7, 11) is -1.53. The summed E-state index contributed by atoms with van der Waals surface area (Å²) in [6.07, 6.45) is 7.89. The molecule has 0 unspecified atom stereocenters. The minimum Gasteiger partial charge on any atom is -0.512 e. The maximum Gasteiger partial charge on any atom is 0.162 e. The SMILES string of the molecule is CC(C)(C)Cc1ccnc2c3[c-]c4ccccc4cc3n3c4cccc([Si](C)(C)C)c4cc3c12.CCC(CC)C(=O)/C=C(\O)C(CC)CC.[Ir]. The Morgan fingerprint density at radius 3 is 2.16 bits per heavy atom. The smallest absolute Gasteiger partial charge is 0.162 e. The second kappa shape index (κ2) is 15.9. The third-order valence-electron chi connectivity index (χ3n) is 10.00. The predicted molar refractivity (Wildman–Crippen MR) is 214 cm³/mol. The van der Waals surface area contributed by atoms with Gasteiger partial charge >= 0.3 is 0 Å². The summed E-state index contributed by atoms with van der Waals surface area (Å²) in [4.78, 5) is 16.7. The maximum atomic E-state index is 11.7. The number of nitrogens with zero attached hydrogens (tertiary/aromatic N) is 2. The number of carbonyl (C=O) groups excluding carboxylic acids is 1. The number of ketones is 1. The predicted octanol–water partition coefficient (Wildman–Crippen LogP) is 11.7.